The predicted molar refractivity (Wildman–Crippen MR) is 117 cm³/mol. The largest absolute Gasteiger partial charge is 0.497 e. The van der Waals surface area contributed by atoms with Crippen LogP contribution in [-0.2, 0) is 0 Å². The van der Waals surface area contributed by atoms with E-state index in [0.29, 0.717) is 16.5 Å². The summed E-state index contributed by atoms with van der Waals surface area (Å²) in [7, 11) is 1.62. The summed E-state index contributed by atoms with van der Waals surface area (Å²) in [5.74, 6) is 0.759. The minimum absolute atomic E-state index is 0.144. The van der Waals surface area contributed by atoms with Crippen LogP contribution in [-0.4, -0.2) is 12.2 Å². The first-order valence-corrected chi connectivity index (χ1v) is 9.82. The smallest absolute Gasteiger partial charge is 0.118 e. The Hall–Kier alpha value is -2.20. The number of ether oxygens (including phenoxy) is 1. The van der Waals surface area contributed by atoms with Crippen LogP contribution in [0.4, 0.5) is 5.69 Å². The third kappa shape index (κ3) is 5.20. The van der Waals surface area contributed by atoms with Crippen molar-refractivity contribution in [1.29, 1.82) is 0 Å². The lowest BCUT2D eigenvalue weighted by Gasteiger charge is -2.24. The highest BCUT2D eigenvalue weighted by Crippen LogP contribution is 2.33. The van der Waals surface area contributed by atoms with Crippen LogP contribution in [0.25, 0.3) is 0 Å². The second-order valence-corrected chi connectivity index (χ2v) is 7.58. The van der Waals surface area contributed by atoms with Gasteiger partial charge in [0, 0.05) is 12.1 Å². The van der Waals surface area contributed by atoms with E-state index in [1.165, 1.54) is 5.56 Å². The van der Waals surface area contributed by atoms with Crippen LogP contribution in [0.5, 0.6) is 5.75 Å². The van der Waals surface area contributed by atoms with Crippen molar-refractivity contribution in [2.45, 2.75) is 25.5 Å². The van der Waals surface area contributed by atoms with Crippen LogP contribution >= 0.6 is 23.2 Å². The number of hydrogen-bond acceptors (Lipinski definition) is 3. The molecule has 28 heavy (non-hydrogen) atoms. The molecule has 0 heterocycles. The zero-order valence-corrected chi connectivity index (χ0v) is 17.3. The molecule has 0 spiro atoms. The Morgan fingerprint density at radius 3 is 2.14 bits per heavy atom. The van der Waals surface area contributed by atoms with Crippen molar-refractivity contribution in [2.75, 3.05) is 12.4 Å². The fourth-order valence-electron chi connectivity index (χ4n) is 3.04. The van der Waals surface area contributed by atoms with Crippen LogP contribution in [0.3, 0.4) is 0 Å². The fraction of sp³-hybridized carbons (Fsp3) is 0.217. The summed E-state index contributed by atoms with van der Waals surface area (Å²) in [6.07, 6.45) is -0.179. The molecule has 0 fully saturated rings. The highest BCUT2D eigenvalue weighted by Gasteiger charge is 2.19. The molecule has 0 aliphatic rings. The maximum Gasteiger partial charge on any atom is 0.118 e. The Morgan fingerprint density at radius 2 is 1.54 bits per heavy atom. The number of aryl methyl sites for hydroxylation is 1. The van der Waals surface area contributed by atoms with E-state index in [0.717, 1.165) is 22.6 Å². The van der Waals surface area contributed by atoms with Crippen LogP contribution in [0.1, 0.15) is 35.3 Å². The summed E-state index contributed by atoms with van der Waals surface area (Å²) in [4.78, 5) is 0. The lowest BCUT2D eigenvalue weighted by atomic mass is 9.96. The molecule has 0 saturated heterocycles. The standard InChI is InChI=1S/C23H23Cl2NO2/c1-15-3-8-18(9-4-15)26-22(17-7-12-20(24)21(25)13-17)14-23(27)16-5-10-19(28-2)11-6-16/h3-13,22-23,26-27H,14H2,1-2H3. The minimum atomic E-state index is -0.650. The second-order valence-electron chi connectivity index (χ2n) is 6.76. The van der Waals surface area contributed by atoms with Gasteiger partial charge in [-0.25, -0.2) is 0 Å². The molecule has 0 saturated carbocycles. The monoisotopic (exact) mass is 415 g/mol. The van der Waals surface area contributed by atoms with Crippen LogP contribution < -0.4 is 10.1 Å². The van der Waals surface area contributed by atoms with E-state index < -0.39 is 6.10 Å². The van der Waals surface area contributed by atoms with Gasteiger partial charge in [0.05, 0.1) is 29.3 Å². The number of benzene rings is 3. The second kappa shape index (κ2) is 9.33. The average molecular weight is 416 g/mol. The van der Waals surface area contributed by atoms with Gasteiger partial charge in [-0.1, -0.05) is 59.1 Å². The first-order valence-electron chi connectivity index (χ1n) is 9.06. The van der Waals surface area contributed by atoms with Crippen molar-refractivity contribution < 1.29 is 9.84 Å². The molecular weight excluding hydrogens is 393 g/mol. The Morgan fingerprint density at radius 1 is 0.893 bits per heavy atom. The van der Waals surface area contributed by atoms with E-state index in [4.69, 9.17) is 27.9 Å². The molecule has 0 bridgehead atoms. The van der Waals surface area contributed by atoms with E-state index in [1.807, 2.05) is 67.6 Å². The van der Waals surface area contributed by atoms with Crippen LogP contribution in [0.2, 0.25) is 10.0 Å². The van der Waals surface area contributed by atoms with Crippen molar-refractivity contribution >= 4 is 28.9 Å². The molecule has 0 radical (unpaired) electrons. The van der Waals surface area contributed by atoms with Gasteiger partial charge in [-0.15, -0.1) is 0 Å². The highest BCUT2D eigenvalue weighted by molar-refractivity contribution is 6.42. The molecule has 0 amide bonds. The van der Waals surface area contributed by atoms with Gasteiger partial charge >= 0.3 is 0 Å². The van der Waals surface area contributed by atoms with Gasteiger partial charge in [0.1, 0.15) is 5.75 Å². The van der Waals surface area contributed by atoms with Gasteiger partial charge in [0.15, 0.2) is 0 Å². The van der Waals surface area contributed by atoms with Gasteiger partial charge < -0.3 is 15.2 Å². The Bertz CT molecular complexity index is 911. The van der Waals surface area contributed by atoms with Gasteiger partial charge in [0.25, 0.3) is 0 Å². The van der Waals surface area contributed by atoms with Gasteiger partial charge in [0.2, 0.25) is 0 Å². The SMILES string of the molecule is COc1ccc(C(O)CC(Nc2ccc(C)cc2)c2ccc(Cl)c(Cl)c2)cc1. The summed E-state index contributed by atoms with van der Waals surface area (Å²) in [6, 6.07) is 21.0. The maximum atomic E-state index is 10.8. The molecule has 146 valence electrons. The number of methoxy groups -OCH3 is 1. The van der Waals surface area contributed by atoms with E-state index in [-0.39, 0.29) is 6.04 Å². The molecule has 2 unspecified atom stereocenters. The molecule has 3 rings (SSSR count). The summed E-state index contributed by atoms with van der Waals surface area (Å²) < 4.78 is 5.19. The third-order valence-corrected chi connectivity index (χ3v) is 5.44. The summed E-state index contributed by atoms with van der Waals surface area (Å²) in [5, 5.41) is 15.3. The summed E-state index contributed by atoms with van der Waals surface area (Å²) >= 11 is 12.3. The van der Waals surface area contributed by atoms with Crippen molar-refractivity contribution in [2.24, 2.45) is 0 Å². The normalized spacial score (nSPS) is 13.0. The highest BCUT2D eigenvalue weighted by atomic mass is 35.5. The molecule has 0 aliphatic carbocycles. The van der Waals surface area contributed by atoms with Gasteiger partial charge in [-0.3, -0.25) is 0 Å². The van der Waals surface area contributed by atoms with Gasteiger partial charge in [-0.05, 0) is 54.4 Å². The molecule has 2 N–H and O–H groups in total. The summed E-state index contributed by atoms with van der Waals surface area (Å²) in [5.41, 5.74) is 3.96. The number of hydrogen-bond donors (Lipinski definition) is 2. The lowest BCUT2D eigenvalue weighted by molar-refractivity contribution is 0.160. The Kier molecular flexibility index (Phi) is 6.84. The molecular formula is C23H23Cl2NO2. The molecule has 2 atom stereocenters. The molecule has 0 aromatic heterocycles. The van der Waals surface area contributed by atoms with Crippen LogP contribution in [0.15, 0.2) is 66.7 Å². The van der Waals surface area contributed by atoms with E-state index in [2.05, 4.69) is 5.32 Å². The van der Waals surface area contributed by atoms with Crippen molar-refractivity contribution in [3.63, 3.8) is 0 Å². The van der Waals surface area contributed by atoms with Crippen molar-refractivity contribution in [1.82, 2.24) is 0 Å². The Labute approximate surface area is 175 Å². The van der Waals surface area contributed by atoms with E-state index in [1.54, 1.807) is 13.2 Å². The molecule has 3 aromatic carbocycles. The third-order valence-electron chi connectivity index (χ3n) is 4.70. The maximum absolute atomic E-state index is 10.8. The topological polar surface area (TPSA) is 41.5 Å². The first kappa shape index (κ1) is 20.5. The number of nitrogens with one attached hydrogen (secondary N) is 1. The quantitative estimate of drug-likeness (QED) is 0.457. The average Bonchev–Trinajstić information content (AvgIpc) is 2.71. The first-order chi connectivity index (χ1) is 13.5. The number of halogens is 2. The van der Waals surface area contributed by atoms with E-state index in [9.17, 15) is 5.11 Å². The van der Waals surface area contributed by atoms with Gasteiger partial charge in [-0.2, -0.15) is 0 Å². The lowest BCUT2D eigenvalue weighted by Crippen LogP contribution is -2.15. The number of rotatable bonds is 7. The fourth-order valence-corrected chi connectivity index (χ4v) is 3.35. The van der Waals surface area contributed by atoms with Crippen molar-refractivity contribution in [3.05, 3.63) is 93.5 Å². The zero-order valence-electron chi connectivity index (χ0n) is 15.8. The van der Waals surface area contributed by atoms with E-state index >= 15 is 0 Å². The molecule has 3 nitrogen and oxygen atoms in total. The zero-order chi connectivity index (χ0) is 20.1. The predicted octanol–water partition coefficient (Wildman–Crippen LogP) is 6.59. The molecule has 0 aliphatic heterocycles. The molecule has 3 aromatic rings. The summed E-state index contributed by atoms with van der Waals surface area (Å²) in [6.45, 7) is 2.05. The Balaban J connectivity index is 1.85. The number of anilines is 1. The molecule has 5 heteroatoms. The minimum Gasteiger partial charge on any atom is -0.497 e. The van der Waals surface area contributed by atoms with Crippen molar-refractivity contribution in [3.8, 4) is 5.75 Å². The number of aliphatic hydroxyl groups excluding tert-OH is 1. The number of aliphatic hydroxyl groups is 1. The van der Waals surface area contributed by atoms with Crippen LogP contribution in [0, 0.1) is 6.92 Å².